The second-order valence-electron chi connectivity index (χ2n) is 3.95. The van der Waals surface area contributed by atoms with Crippen LogP contribution >= 0.6 is 0 Å². The molecule has 2 heterocycles. The number of benzene rings is 1. The first kappa shape index (κ1) is 9.90. The molecule has 2 aromatic heterocycles. The van der Waals surface area contributed by atoms with E-state index in [-0.39, 0.29) is 5.75 Å². The van der Waals surface area contributed by atoms with Crippen LogP contribution in [-0.2, 0) is 0 Å². The average molecular weight is 225 g/mol. The molecule has 0 bridgehead atoms. The van der Waals surface area contributed by atoms with E-state index in [0.717, 1.165) is 16.3 Å². The highest BCUT2D eigenvalue weighted by atomic mass is 16.3. The van der Waals surface area contributed by atoms with Crippen LogP contribution < -0.4 is 0 Å². The zero-order valence-electron chi connectivity index (χ0n) is 9.34. The van der Waals surface area contributed by atoms with Crippen molar-refractivity contribution in [3.8, 4) is 17.1 Å². The monoisotopic (exact) mass is 225 g/mol. The van der Waals surface area contributed by atoms with E-state index < -0.39 is 0 Å². The van der Waals surface area contributed by atoms with Gasteiger partial charge in [0.2, 0.25) is 0 Å². The molecule has 1 aromatic carbocycles. The molecule has 0 fully saturated rings. The van der Waals surface area contributed by atoms with E-state index in [4.69, 9.17) is 4.42 Å². The van der Waals surface area contributed by atoms with Gasteiger partial charge in [0.25, 0.3) is 0 Å². The standard InChI is InChI=1S/C14H11NO2/c1-9-13(16)12-11(7-15-9)8-17-14(12)10-5-3-2-4-6-10/h2-8,16H,1H3. The third kappa shape index (κ3) is 1.47. The van der Waals surface area contributed by atoms with Crippen LogP contribution in [0.2, 0.25) is 0 Å². The summed E-state index contributed by atoms with van der Waals surface area (Å²) in [6, 6.07) is 9.73. The lowest BCUT2D eigenvalue weighted by Gasteiger charge is -2.01. The van der Waals surface area contributed by atoms with Gasteiger partial charge in [-0.1, -0.05) is 30.3 Å². The molecule has 1 N–H and O–H groups in total. The van der Waals surface area contributed by atoms with Gasteiger partial charge >= 0.3 is 0 Å². The molecule has 0 aliphatic carbocycles. The lowest BCUT2D eigenvalue weighted by atomic mass is 10.1. The zero-order chi connectivity index (χ0) is 11.8. The first-order valence-electron chi connectivity index (χ1n) is 5.38. The average Bonchev–Trinajstić information content (AvgIpc) is 2.79. The Labute approximate surface area is 98.3 Å². The van der Waals surface area contributed by atoms with Gasteiger partial charge in [0.15, 0.2) is 0 Å². The van der Waals surface area contributed by atoms with Crippen molar-refractivity contribution in [1.82, 2.24) is 4.98 Å². The number of pyridine rings is 1. The van der Waals surface area contributed by atoms with Crippen molar-refractivity contribution in [2.24, 2.45) is 0 Å². The van der Waals surface area contributed by atoms with Crippen LogP contribution in [0.3, 0.4) is 0 Å². The molecule has 3 aromatic rings. The Kier molecular flexibility index (Phi) is 2.11. The molecule has 3 heteroatoms. The van der Waals surface area contributed by atoms with Crippen molar-refractivity contribution < 1.29 is 9.52 Å². The van der Waals surface area contributed by atoms with Crippen LogP contribution in [0.15, 0.2) is 47.2 Å². The van der Waals surface area contributed by atoms with E-state index in [0.29, 0.717) is 11.5 Å². The maximum Gasteiger partial charge on any atom is 0.148 e. The van der Waals surface area contributed by atoms with Gasteiger partial charge in [0, 0.05) is 17.1 Å². The lowest BCUT2D eigenvalue weighted by Crippen LogP contribution is -1.82. The fourth-order valence-electron chi connectivity index (χ4n) is 1.92. The summed E-state index contributed by atoms with van der Waals surface area (Å²) >= 11 is 0. The molecule has 3 rings (SSSR count). The Bertz CT molecular complexity index is 671. The number of aromatic hydroxyl groups is 1. The highest BCUT2D eigenvalue weighted by Gasteiger charge is 2.14. The van der Waals surface area contributed by atoms with Crippen LogP contribution in [0.25, 0.3) is 22.1 Å². The summed E-state index contributed by atoms with van der Waals surface area (Å²) in [6.07, 6.45) is 3.32. The molecule has 17 heavy (non-hydrogen) atoms. The second kappa shape index (κ2) is 3.63. The summed E-state index contributed by atoms with van der Waals surface area (Å²) in [4.78, 5) is 4.10. The number of nitrogens with zero attached hydrogens (tertiary/aromatic N) is 1. The molecular formula is C14H11NO2. The topological polar surface area (TPSA) is 46.3 Å². The Balaban J connectivity index is 2.35. The van der Waals surface area contributed by atoms with Crippen LogP contribution in [0, 0.1) is 6.92 Å². The fourth-order valence-corrected chi connectivity index (χ4v) is 1.92. The van der Waals surface area contributed by atoms with Gasteiger partial charge in [-0.05, 0) is 6.92 Å². The molecule has 0 radical (unpaired) electrons. The Hall–Kier alpha value is -2.29. The highest BCUT2D eigenvalue weighted by molar-refractivity contribution is 5.98. The first-order chi connectivity index (χ1) is 8.27. The molecule has 0 aliphatic heterocycles. The molecule has 3 nitrogen and oxygen atoms in total. The Morgan fingerprint density at radius 3 is 2.71 bits per heavy atom. The number of furan rings is 1. The summed E-state index contributed by atoms with van der Waals surface area (Å²) in [5, 5.41) is 11.6. The maximum atomic E-state index is 10.1. The van der Waals surface area contributed by atoms with Crippen molar-refractivity contribution >= 4 is 10.8 Å². The minimum absolute atomic E-state index is 0.190. The largest absolute Gasteiger partial charge is 0.505 e. The maximum absolute atomic E-state index is 10.1. The van der Waals surface area contributed by atoms with Crippen LogP contribution in [0.4, 0.5) is 0 Å². The third-order valence-electron chi connectivity index (χ3n) is 2.83. The van der Waals surface area contributed by atoms with Gasteiger partial charge in [-0.15, -0.1) is 0 Å². The van der Waals surface area contributed by atoms with Crippen molar-refractivity contribution in [2.45, 2.75) is 6.92 Å². The Morgan fingerprint density at radius 2 is 1.94 bits per heavy atom. The molecule has 0 saturated carbocycles. The summed E-state index contributed by atoms with van der Waals surface area (Å²) in [7, 11) is 0. The normalized spacial score (nSPS) is 10.9. The van der Waals surface area contributed by atoms with Crippen LogP contribution in [0.1, 0.15) is 5.69 Å². The fraction of sp³-hybridized carbons (Fsp3) is 0.0714. The number of fused-ring (bicyclic) bond motifs is 1. The zero-order valence-corrected chi connectivity index (χ0v) is 9.34. The van der Waals surface area contributed by atoms with E-state index in [1.807, 2.05) is 30.3 Å². The molecular weight excluding hydrogens is 214 g/mol. The molecule has 84 valence electrons. The summed E-state index contributed by atoms with van der Waals surface area (Å²) in [5.41, 5.74) is 1.56. The van der Waals surface area contributed by atoms with Crippen molar-refractivity contribution in [3.63, 3.8) is 0 Å². The van der Waals surface area contributed by atoms with Crippen LogP contribution in [0.5, 0.6) is 5.75 Å². The molecule has 0 spiro atoms. The van der Waals surface area contributed by atoms with Gasteiger partial charge in [-0.2, -0.15) is 0 Å². The number of hydrogen-bond acceptors (Lipinski definition) is 3. The minimum atomic E-state index is 0.190. The smallest absolute Gasteiger partial charge is 0.148 e. The van der Waals surface area contributed by atoms with Gasteiger partial charge in [0.05, 0.1) is 11.1 Å². The van der Waals surface area contributed by atoms with Crippen molar-refractivity contribution in [2.75, 3.05) is 0 Å². The molecule has 0 aliphatic rings. The van der Waals surface area contributed by atoms with E-state index in [2.05, 4.69) is 4.98 Å². The van der Waals surface area contributed by atoms with Crippen LogP contribution in [-0.4, -0.2) is 10.1 Å². The molecule has 0 amide bonds. The van der Waals surface area contributed by atoms with E-state index in [1.54, 1.807) is 19.4 Å². The predicted octanol–water partition coefficient (Wildman–Crippen LogP) is 3.51. The predicted molar refractivity (Wildman–Crippen MR) is 65.8 cm³/mol. The van der Waals surface area contributed by atoms with Gasteiger partial charge in [0.1, 0.15) is 17.8 Å². The van der Waals surface area contributed by atoms with E-state index >= 15 is 0 Å². The van der Waals surface area contributed by atoms with Crippen molar-refractivity contribution in [1.29, 1.82) is 0 Å². The van der Waals surface area contributed by atoms with E-state index in [9.17, 15) is 5.11 Å². The second-order valence-corrected chi connectivity index (χ2v) is 3.95. The summed E-state index contributed by atoms with van der Waals surface area (Å²) in [6.45, 7) is 1.77. The summed E-state index contributed by atoms with van der Waals surface area (Å²) in [5.74, 6) is 0.874. The number of hydrogen-bond donors (Lipinski definition) is 1. The van der Waals surface area contributed by atoms with Gasteiger partial charge in [-0.25, -0.2) is 0 Å². The molecule has 0 unspecified atom stereocenters. The summed E-state index contributed by atoms with van der Waals surface area (Å²) < 4.78 is 5.54. The van der Waals surface area contributed by atoms with Gasteiger partial charge < -0.3 is 9.52 Å². The first-order valence-corrected chi connectivity index (χ1v) is 5.38. The number of rotatable bonds is 1. The number of aromatic nitrogens is 1. The molecule has 0 atom stereocenters. The minimum Gasteiger partial charge on any atom is -0.505 e. The SMILES string of the molecule is Cc1ncc2coc(-c3ccccc3)c2c1O. The lowest BCUT2D eigenvalue weighted by molar-refractivity contribution is 0.474. The van der Waals surface area contributed by atoms with Gasteiger partial charge in [-0.3, -0.25) is 4.98 Å². The molecule has 0 saturated heterocycles. The highest BCUT2D eigenvalue weighted by Crippen LogP contribution is 2.36. The number of aryl methyl sites for hydroxylation is 1. The quantitative estimate of drug-likeness (QED) is 0.689. The third-order valence-corrected chi connectivity index (χ3v) is 2.83. The van der Waals surface area contributed by atoms with Crippen molar-refractivity contribution in [3.05, 3.63) is 48.5 Å². The van der Waals surface area contributed by atoms with E-state index in [1.165, 1.54) is 0 Å². The Morgan fingerprint density at radius 1 is 1.18 bits per heavy atom.